The standard InChI is InChI=1S/C12H14IN5/c1-3-8-9(13)10(14-4-2)18-12(17-8)11-15-6-5-7-16-11/h5-7H,3-4H2,1-2H3,(H,14,17,18). The third-order valence-electron chi connectivity index (χ3n) is 2.36. The second kappa shape index (κ2) is 6.03. The van der Waals surface area contributed by atoms with Crippen LogP contribution in [0.3, 0.4) is 0 Å². The van der Waals surface area contributed by atoms with Crippen molar-refractivity contribution in [3.63, 3.8) is 0 Å². The van der Waals surface area contributed by atoms with E-state index in [4.69, 9.17) is 0 Å². The number of hydrogen-bond acceptors (Lipinski definition) is 5. The third-order valence-corrected chi connectivity index (χ3v) is 3.50. The lowest BCUT2D eigenvalue weighted by molar-refractivity contribution is 0.965. The van der Waals surface area contributed by atoms with E-state index in [-0.39, 0.29) is 0 Å². The molecule has 0 spiro atoms. The molecule has 5 nitrogen and oxygen atoms in total. The normalized spacial score (nSPS) is 10.4. The lowest BCUT2D eigenvalue weighted by atomic mass is 10.3. The van der Waals surface area contributed by atoms with E-state index in [1.807, 2.05) is 6.92 Å². The van der Waals surface area contributed by atoms with Crippen LogP contribution in [0.5, 0.6) is 0 Å². The maximum atomic E-state index is 4.52. The van der Waals surface area contributed by atoms with Crippen LogP contribution in [-0.4, -0.2) is 26.5 Å². The molecule has 0 amide bonds. The lowest BCUT2D eigenvalue weighted by Crippen LogP contribution is -2.08. The number of anilines is 1. The minimum atomic E-state index is 0.558. The molecule has 2 rings (SSSR count). The van der Waals surface area contributed by atoms with Gasteiger partial charge in [-0.1, -0.05) is 6.92 Å². The first-order chi connectivity index (χ1) is 8.76. The SMILES string of the molecule is CCNc1nc(-c2ncccn2)nc(CC)c1I. The van der Waals surface area contributed by atoms with Crippen molar-refractivity contribution < 1.29 is 0 Å². The van der Waals surface area contributed by atoms with Crippen molar-refractivity contribution in [1.82, 2.24) is 19.9 Å². The van der Waals surface area contributed by atoms with E-state index in [0.717, 1.165) is 28.0 Å². The van der Waals surface area contributed by atoms with Crippen LogP contribution in [0.15, 0.2) is 18.5 Å². The van der Waals surface area contributed by atoms with Gasteiger partial charge < -0.3 is 5.32 Å². The maximum Gasteiger partial charge on any atom is 0.200 e. The van der Waals surface area contributed by atoms with Gasteiger partial charge in [0.25, 0.3) is 0 Å². The molecule has 1 N–H and O–H groups in total. The molecule has 0 unspecified atom stereocenters. The van der Waals surface area contributed by atoms with E-state index in [9.17, 15) is 0 Å². The summed E-state index contributed by atoms with van der Waals surface area (Å²) in [7, 11) is 0. The molecule has 0 aliphatic heterocycles. The van der Waals surface area contributed by atoms with Gasteiger partial charge >= 0.3 is 0 Å². The smallest absolute Gasteiger partial charge is 0.200 e. The zero-order valence-electron chi connectivity index (χ0n) is 10.3. The molecule has 2 aromatic heterocycles. The number of aryl methyl sites for hydroxylation is 1. The molecule has 18 heavy (non-hydrogen) atoms. The van der Waals surface area contributed by atoms with Gasteiger partial charge in [0.1, 0.15) is 5.82 Å². The average molecular weight is 355 g/mol. The first-order valence-corrected chi connectivity index (χ1v) is 6.91. The zero-order chi connectivity index (χ0) is 13.0. The summed E-state index contributed by atoms with van der Waals surface area (Å²) in [4.78, 5) is 17.4. The zero-order valence-corrected chi connectivity index (χ0v) is 12.5. The van der Waals surface area contributed by atoms with Crippen molar-refractivity contribution in [3.8, 4) is 11.6 Å². The summed E-state index contributed by atoms with van der Waals surface area (Å²) >= 11 is 2.27. The highest BCUT2D eigenvalue weighted by atomic mass is 127. The molecule has 2 heterocycles. The minimum Gasteiger partial charge on any atom is -0.369 e. The summed E-state index contributed by atoms with van der Waals surface area (Å²) in [6.07, 6.45) is 4.25. The predicted octanol–water partition coefficient (Wildman–Crippen LogP) is 2.53. The molecule has 0 aliphatic rings. The highest BCUT2D eigenvalue weighted by molar-refractivity contribution is 14.1. The van der Waals surface area contributed by atoms with Crippen LogP contribution in [0.1, 0.15) is 19.5 Å². The Morgan fingerprint density at radius 2 is 1.83 bits per heavy atom. The molecular weight excluding hydrogens is 341 g/mol. The molecule has 0 radical (unpaired) electrons. The van der Waals surface area contributed by atoms with Gasteiger partial charge in [-0.25, -0.2) is 19.9 Å². The Morgan fingerprint density at radius 3 is 2.44 bits per heavy atom. The Morgan fingerprint density at radius 1 is 1.11 bits per heavy atom. The molecule has 0 saturated heterocycles. The molecule has 0 bridgehead atoms. The van der Waals surface area contributed by atoms with Crippen molar-refractivity contribution in [3.05, 3.63) is 27.7 Å². The number of nitrogens with zero attached hydrogens (tertiary/aromatic N) is 4. The molecule has 0 aliphatic carbocycles. The molecular formula is C12H14IN5. The fourth-order valence-electron chi connectivity index (χ4n) is 1.53. The quantitative estimate of drug-likeness (QED) is 0.854. The van der Waals surface area contributed by atoms with Crippen molar-refractivity contribution in [2.45, 2.75) is 20.3 Å². The first kappa shape index (κ1) is 13.1. The molecule has 6 heteroatoms. The lowest BCUT2D eigenvalue weighted by Gasteiger charge is -2.10. The van der Waals surface area contributed by atoms with E-state index in [1.165, 1.54) is 0 Å². The third kappa shape index (κ3) is 2.74. The topological polar surface area (TPSA) is 63.6 Å². The van der Waals surface area contributed by atoms with E-state index < -0.39 is 0 Å². The number of halogens is 1. The molecule has 94 valence electrons. The number of aromatic nitrogens is 4. The van der Waals surface area contributed by atoms with Gasteiger partial charge in [-0.3, -0.25) is 0 Å². The first-order valence-electron chi connectivity index (χ1n) is 5.84. The fraction of sp³-hybridized carbons (Fsp3) is 0.333. The van der Waals surface area contributed by atoms with Crippen LogP contribution in [0, 0.1) is 3.57 Å². The van der Waals surface area contributed by atoms with Crippen LogP contribution in [0.2, 0.25) is 0 Å². The summed E-state index contributed by atoms with van der Waals surface area (Å²) in [5.41, 5.74) is 1.02. The van der Waals surface area contributed by atoms with Crippen LogP contribution in [0.25, 0.3) is 11.6 Å². The summed E-state index contributed by atoms with van der Waals surface area (Å²) in [6, 6.07) is 1.78. The Hall–Kier alpha value is -1.31. The molecule has 0 fully saturated rings. The molecule has 0 aromatic carbocycles. The van der Waals surface area contributed by atoms with Gasteiger partial charge in [-0.2, -0.15) is 0 Å². The second-order valence-electron chi connectivity index (χ2n) is 3.61. The van der Waals surface area contributed by atoms with Gasteiger partial charge in [0, 0.05) is 18.9 Å². The summed E-state index contributed by atoms with van der Waals surface area (Å²) in [5.74, 6) is 1.99. The van der Waals surface area contributed by atoms with Crippen LogP contribution < -0.4 is 5.32 Å². The van der Waals surface area contributed by atoms with Crippen LogP contribution in [-0.2, 0) is 6.42 Å². The van der Waals surface area contributed by atoms with E-state index in [0.29, 0.717) is 11.6 Å². The maximum absolute atomic E-state index is 4.52. The summed E-state index contributed by atoms with van der Waals surface area (Å²) in [5, 5.41) is 3.25. The van der Waals surface area contributed by atoms with Crippen molar-refractivity contribution in [2.75, 3.05) is 11.9 Å². The van der Waals surface area contributed by atoms with Gasteiger partial charge in [0.05, 0.1) is 9.26 Å². The Bertz CT molecular complexity index is 529. The van der Waals surface area contributed by atoms with E-state index in [2.05, 4.69) is 54.8 Å². The van der Waals surface area contributed by atoms with Crippen molar-refractivity contribution >= 4 is 28.4 Å². The van der Waals surface area contributed by atoms with Gasteiger partial charge in [0.15, 0.2) is 11.6 Å². The average Bonchev–Trinajstić information content (AvgIpc) is 2.42. The number of nitrogens with one attached hydrogen (secondary N) is 1. The van der Waals surface area contributed by atoms with Gasteiger partial charge in [-0.05, 0) is 42.0 Å². The van der Waals surface area contributed by atoms with Gasteiger partial charge in [-0.15, -0.1) is 0 Å². The van der Waals surface area contributed by atoms with Crippen LogP contribution in [0.4, 0.5) is 5.82 Å². The Kier molecular flexibility index (Phi) is 4.40. The van der Waals surface area contributed by atoms with Crippen LogP contribution >= 0.6 is 22.6 Å². The summed E-state index contributed by atoms with van der Waals surface area (Å²) < 4.78 is 1.07. The monoisotopic (exact) mass is 355 g/mol. The van der Waals surface area contributed by atoms with Crippen molar-refractivity contribution in [1.29, 1.82) is 0 Å². The number of rotatable bonds is 4. The Balaban J connectivity index is 2.52. The minimum absolute atomic E-state index is 0.558. The highest BCUT2D eigenvalue weighted by Gasteiger charge is 2.13. The van der Waals surface area contributed by atoms with E-state index in [1.54, 1.807) is 18.5 Å². The highest BCUT2D eigenvalue weighted by Crippen LogP contribution is 2.22. The molecule has 2 aromatic rings. The molecule has 0 saturated carbocycles. The molecule has 0 atom stereocenters. The fourth-order valence-corrected chi connectivity index (χ4v) is 2.34. The predicted molar refractivity (Wildman–Crippen MR) is 79.3 cm³/mol. The second-order valence-corrected chi connectivity index (χ2v) is 4.69. The van der Waals surface area contributed by atoms with Gasteiger partial charge in [0.2, 0.25) is 0 Å². The largest absolute Gasteiger partial charge is 0.369 e. The number of hydrogen-bond donors (Lipinski definition) is 1. The van der Waals surface area contributed by atoms with Crippen molar-refractivity contribution in [2.24, 2.45) is 0 Å². The Labute approximate surface area is 120 Å². The summed E-state index contributed by atoms with van der Waals surface area (Å²) in [6.45, 7) is 4.95. The van der Waals surface area contributed by atoms with E-state index >= 15 is 0 Å².